The van der Waals surface area contributed by atoms with Gasteiger partial charge in [-0.25, -0.2) is 0 Å². The Kier molecular flexibility index (Phi) is 13.4. The predicted octanol–water partition coefficient (Wildman–Crippen LogP) is 2.56. The molecule has 0 bridgehead atoms. The van der Waals surface area contributed by atoms with Crippen LogP contribution >= 0.6 is 0 Å². The van der Waals surface area contributed by atoms with E-state index in [4.69, 9.17) is 33.2 Å². The SMILES string of the molecule is CC(=O)O[C@@H]1[C@@H](O)[C@H](O[C@@H]2[C@@H](O)[C@H](C)O[C@@H](O[C@H]3[C@H](O[C@H]4CC[C@]5(C)[C@@H](CC[C@]6(C)[C@@H]5CC=C5[C@@H]7CC(C)(C)CC[C@]7(C(=O)O)CC[C@]56C)[C@@]4(C)CO)OC[C@H](O)[C@@H]3O)[C@@H]2O)OC[C@@H]1O. The number of hydrogen-bond acceptors (Lipinski definition) is 16. The summed E-state index contributed by atoms with van der Waals surface area (Å²) in [6.07, 6.45) is -9.35. The Bertz CT molecular complexity index is 1810. The molecule has 5 aliphatic carbocycles. The molecular weight excluding hydrogens is 849 g/mol. The Morgan fingerprint density at radius 3 is 2.05 bits per heavy atom. The van der Waals surface area contributed by atoms with Crippen LogP contribution in [0.2, 0.25) is 0 Å². The first-order chi connectivity index (χ1) is 30.4. The highest BCUT2D eigenvalue weighted by Gasteiger charge is 2.70. The van der Waals surface area contributed by atoms with Crippen LogP contribution < -0.4 is 0 Å². The van der Waals surface area contributed by atoms with Gasteiger partial charge in [-0.1, -0.05) is 53.2 Å². The fraction of sp³-hybridized carbons (Fsp3) is 0.917. The maximum Gasteiger partial charge on any atom is 0.310 e. The van der Waals surface area contributed by atoms with Crippen LogP contribution in [0.15, 0.2) is 11.6 Å². The zero-order valence-corrected chi connectivity index (χ0v) is 39.3. The van der Waals surface area contributed by atoms with Gasteiger partial charge >= 0.3 is 11.9 Å². The molecule has 8 aliphatic rings. The quantitative estimate of drug-likeness (QED) is 0.0939. The van der Waals surface area contributed by atoms with Gasteiger partial charge in [-0.05, 0) is 111 Å². The largest absolute Gasteiger partial charge is 0.481 e. The summed E-state index contributed by atoms with van der Waals surface area (Å²) in [6.45, 7) is 15.6. The molecule has 4 saturated carbocycles. The van der Waals surface area contributed by atoms with E-state index in [9.17, 15) is 50.4 Å². The smallest absolute Gasteiger partial charge is 0.310 e. The first-order valence-corrected chi connectivity index (χ1v) is 24.0. The molecule has 370 valence electrons. The Balaban J connectivity index is 1.01. The third kappa shape index (κ3) is 7.96. The monoisotopic (exact) mass is 925 g/mol. The minimum absolute atomic E-state index is 0.000687. The minimum atomic E-state index is -1.76. The van der Waals surface area contributed by atoms with Crippen molar-refractivity contribution in [2.24, 2.45) is 50.2 Å². The van der Waals surface area contributed by atoms with E-state index in [2.05, 4.69) is 47.6 Å². The number of carbonyl (C=O) groups excluding carboxylic acids is 1. The van der Waals surface area contributed by atoms with Gasteiger partial charge in [0.1, 0.15) is 48.8 Å². The normalized spacial score (nSPS) is 53.0. The fourth-order valence-electron chi connectivity index (χ4n) is 14.9. The number of rotatable bonds is 9. The molecule has 7 fully saturated rings. The van der Waals surface area contributed by atoms with Crippen molar-refractivity contribution in [3.8, 4) is 0 Å². The summed E-state index contributed by atoms with van der Waals surface area (Å²) in [4.78, 5) is 24.8. The molecule has 3 heterocycles. The van der Waals surface area contributed by atoms with Crippen molar-refractivity contribution in [1.82, 2.24) is 0 Å². The number of fused-ring (bicyclic) bond motifs is 7. The molecule has 22 atom stereocenters. The summed E-state index contributed by atoms with van der Waals surface area (Å²) in [5.41, 5.74) is -0.583. The second kappa shape index (κ2) is 17.5. The number of aliphatic hydroxyl groups excluding tert-OH is 7. The van der Waals surface area contributed by atoms with Gasteiger partial charge in [0.25, 0.3) is 0 Å². The molecule has 3 saturated heterocycles. The van der Waals surface area contributed by atoms with Crippen LogP contribution in [0.5, 0.6) is 0 Å². The fourth-order valence-corrected chi connectivity index (χ4v) is 14.9. The van der Waals surface area contributed by atoms with E-state index in [0.717, 1.165) is 51.9 Å². The van der Waals surface area contributed by atoms with E-state index in [0.29, 0.717) is 19.3 Å². The molecule has 17 heteroatoms. The van der Waals surface area contributed by atoms with E-state index in [1.54, 1.807) is 0 Å². The van der Waals surface area contributed by atoms with Gasteiger partial charge in [0.2, 0.25) is 0 Å². The molecule has 0 aromatic rings. The highest BCUT2D eigenvalue weighted by Crippen LogP contribution is 2.76. The molecular formula is C48H76O17. The lowest BCUT2D eigenvalue weighted by atomic mass is 9.33. The number of carboxylic acids is 1. The molecule has 0 unspecified atom stereocenters. The number of aliphatic hydroxyl groups is 7. The van der Waals surface area contributed by atoms with Crippen molar-refractivity contribution in [2.45, 2.75) is 206 Å². The van der Waals surface area contributed by atoms with Gasteiger partial charge in [0.05, 0.1) is 37.4 Å². The Morgan fingerprint density at radius 2 is 1.37 bits per heavy atom. The molecule has 0 spiro atoms. The molecule has 0 aromatic heterocycles. The summed E-state index contributed by atoms with van der Waals surface area (Å²) in [5.74, 6) is -1.13. The van der Waals surface area contributed by atoms with Crippen molar-refractivity contribution in [3.05, 3.63) is 11.6 Å². The molecule has 8 N–H and O–H groups in total. The minimum Gasteiger partial charge on any atom is -0.481 e. The highest BCUT2D eigenvalue weighted by atomic mass is 16.8. The van der Waals surface area contributed by atoms with Crippen molar-refractivity contribution >= 4 is 11.9 Å². The molecule has 8 rings (SSSR count). The molecule has 17 nitrogen and oxygen atoms in total. The first-order valence-electron chi connectivity index (χ1n) is 24.0. The number of carbonyl (C=O) groups is 2. The molecule has 3 aliphatic heterocycles. The second-order valence-corrected chi connectivity index (χ2v) is 23.0. The summed E-state index contributed by atoms with van der Waals surface area (Å²) >= 11 is 0. The Labute approximate surface area is 382 Å². The van der Waals surface area contributed by atoms with Crippen molar-refractivity contribution in [1.29, 1.82) is 0 Å². The van der Waals surface area contributed by atoms with Gasteiger partial charge < -0.3 is 74.0 Å². The van der Waals surface area contributed by atoms with Crippen molar-refractivity contribution < 1.29 is 83.6 Å². The van der Waals surface area contributed by atoms with Crippen LogP contribution in [0.25, 0.3) is 0 Å². The predicted molar refractivity (Wildman–Crippen MR) is 228 cm³/mol. The van der Waals surface area contributed by atoms with Crippen LogP contribution in [0, 0.1) is 50.2 Å². The summed E-state index contributed by atoms with van der Waals surface area (Å²) in [6, 6.07) is 0. The van der Waals surface area contributed by atoms with Gasteiger partial charge in [0, 0.05) is 12.3 Å². The van der Waals surface area contributed by atoms with Gasteiger partial charge in [0.15, 0.2) is 25.0 Å². The average molecular weight is 925 g/mol. The number of hydrogen-bond donors (Lipinski definition) is 8. The van der Waals surface area contributed by atoms with E-state index in [1.165, 1.54) is 12.5 Å². The number of ether oxygens (including phenoxy) is 7. The van der Waals surface area contributed by atoms with Crippen LogP contribution in [0.3, 0.4) is 0 Å². The molecule has 0 amide bonds. The first kappa shape index (κ1) is 49.6. The lowest BCUT2D eigenvalue weighted by molar-refractivity contribution is -0.379. The summed E-state index contributed by atoms with van der Waals surface area (Å²) < 4.78 is 41.4. The van der Waals surface area contributed by atoms with E-state index >= 15 is 0 Å². The highest BCUT2D eigenvalue weighted by molar-refractivity contribution is 5.76. The van der Waals surface area contributed by atoms with Crippen LogP contribution in [-0.4, -0.2) is 159 Å². The van der Waals surface area contributed by atoms with Crippen molar-refractivity contribution in [2.75, 3.05) is 19.8 Å². The van der Waals surface area contributed by atoms with Gasteiger partial charge in [-0.15, -0.1) is 0 Å². The van der Waals surface area contributed by atoms with Crippen LogP contribution in [0.1, 0.15) is 120 Å². The second-order valence-electron chi connectivity index (χ2n) is 23.0. The molecule has 65 heavy (non-hydrogen) atoms. The van der Waals surface area contributed by atoms with Crippen LogP contribution in [0.4, 0.5) is 0 Å². The number of carboxylic acid groups (broad SMARTS) is 1. The Hall–Kier alpha value is -1.84. The zero-order chi connectivity index (χ0) is 47.4. The summed E-state index contributed by atoms with van der Waals surface area (Å²) in [5, 5.41) is 88.4. The summed E-state index contributed by atoms with van der Waals surface area (Å²) in [7, 11) is 0. The average Bonchev–Trinajstić information content (AvgIpc) is 3.24. The van der Waals surface area contributed by atoms with E-state index < -0.39 is 109 Å². The third-order valence-electron chi connectivity index (χ3n) is 19.0. The maximum atomic E-state index is 13.1. The Morgan fingerprint density at radius 1 is 0.723 bits per heavy atom. The third-order valence-corrected chi connectivity index (χ3v) is 19.0. The topological polar surface area (TPSA) is 261 Å². The molecule has 0 aromatic carbocycles. The molecule has 0 radical (unpaired) electrons. The standard InChI is InChI=1S/C48H76O17/c1-23-32(53)37(64-39-34(55)36(62-24(2)50)28(52)21-59-39)35(56)40(61-23)65-38-33(54)27(51)20-60-41(38)63-31-12-13-44(5)29(45(31,6)22-49)11-14-47(8)30(44)10-9-25-26-19-43(3,4)15-17-48(26,42(57)58)18-16-46(25,47)7/h9,23,26-41,49,51-56H,10-22H2,1-8H3,(H,57,58)/t23-,26-,27-,28-,29+,30+,31-,32-,33-,34+,35+,36-,37+,38+,39-,40-,41-,44+,45+,46+,47+,48-/m0/s1. The van der Waals surface area contributed by atoms with Crippen LogP contribution in [-0.2, 0) is 42.7 Å². The number of allylic oxidation sites excluding steroid dienone is 2. The van der Waals surface area contributed by atoms with E-state index in [-0.39, 0.29) is 59.2 Å². The van der Waals surface area contributed by atoms with Gasteiger partial charge in [-0.3, -0.25) is 9.59 Å². The zero-order valence-electron chi connectivity index (χ0n) is 39.3. The van der Waals surface area contributed by atoms with E-state index in [1.807, 2.05) is 0 Å². The van der Waals surface area contributed by atoms with Crippen molar-refractivity contribution in [3.63, 3.8) is 0 Å². The maximum absolute atomic E-state index is 13.1. The lowest BCUT2D eigenvalue weighted by Gasteiger charge is -2.71. The number of aliphatic carboxylic acids is 1. The van der Waals surface area contributed by atoms with Gasteiger partial charge in [-0.2, -0.15) is 0 Å². The number of esters is 1. The lowest BCUT2D eigenvalue weighted by Crippen LogP contribution is -2.67.